The summed E-state index contributed by atoms with van der Waals surface area (Å²) < 4.78 is 5.43. The summed E-state index contributed by atoms with van der Waals surface area (Å²) in [5.74, 6) is 0.169. The van der Waals surface area contributed by atoms with Gasteiger partial charge in [-0.05, 0) is 54.5 Å². The SMILES string of the molecule is CCc1ccc(OCC(=O)NNC(=O)C(C)c2ccc(CC(C)C)cc2)cc1. The number of ether oxygens (including phenoxy) is 1. The lowest BCUT2D eigenvalue weighted by molar-refractivity contribution is -0.130. The van der Waals surface area contributed by atoms with Crippen LogP contribution in [0.1, 0.15) is 50.3 Å². The molecule has 150 valence electrons. The van der Waals surface area contributed by atoms with Crippen molar-refractivity contribution in [2.75, 3.05) is 6.61 Å². The van der Waals surface area contributed by atoms with Crippen molar-refractivity contribution in [3.63, 3.8) is 0 Å². The molecule has 0 radical (unpaired) electrons. The average molecular weight is 383 g/mol. The quantitative estimate of drug-likeness (QED) is 0.683. The maximum absolute atomic E-state index is 12.3. The molecule has 28 heavy (non-hydrogen) atoms. The summed E-state index contributed by atoms with van der Waals surface area (Å²) in [6, 6.07) is 15.6. The van der Waals surface area contributed by atoms with Gasteiger partial charge in [-0.15, -0.1) is 0 Å². The number of hydrogen-bond donors (Lipinski definition) is 2. The van der Waals surface area contributed by atoms with Crippen LogP contribution in [0.15, 0.2) is 48.5 Å². The maximum Gasteiger partial charge on any atom is 0.276 e. The Morgan fingerprint density at radius 2 is 1.50 bits per heavy atom. The first-order valence-electron chi connectivity index (χ1n) is 9.78. The zero-order valence-corrected chi connectivity index (χ0v) is 17.1. The third kappa shape index (κ3) is 6.72. The Balaban J connectivity index is 1.77. The Kier molecular flexibility index (Phi) is 8.05. The van der Waals surface area contributed by atoms with Gasteiger partial charge in [-0.2, -0.15) is 0 Å². The number of rotatable bonds is 8. The molecule has 0 aliphatic heterocycles. The summed E-state index contributed by atoms with van der Waals surface area (Å²) in [5, 5.41) is 0. The van der Waals surface area contributed by atoms with Gasteiger partial charge in [-0.25, -0.2) is 0 Å². The minimum atomic E-state index is -0.410. The smallest absolute Gasteiger partial charge is 0.276 e. The number of aryl methyl sites for hydroxylation is 1. The molecule has 2 aromatic rings. The van der Waals surface area contributed by atoms with Crippen LogP contribution in [0, 0.1) is 5.92 Å². The van der Waals surface area contributed by atoms with Gasteiger partial charge in [0.05, 0.1) is 5.92 Å². The van der Waals surface area contributed by atoms with Gasteiger partial charge in [0.2, 0.25) is 5.91 Å². The first-order chi connectivity index (χ1) is 13.4. The summed E-state index contributed by atoms with van der Waals surface area (Å²) in [5.41, 5.74) is 8.23. The van der Waals surface area contributed by atoms with E-state index in [9.17, 15) is 9.59 Å². The number of amides is 2. The lowest BCUT2D eigenvalue weighted by Gasteiger charge is -2.14. The molecule has 0 saturated carbocycles. The largest absolute Gasteiger partial charge is 0.484 e. The van der Waals surface area contributed by atoms with E-state index in [2.05, 4.69) is 43.8 Å². The first-order valence-corrected chi connectivity index (χ1v) is 9.78. The normalized spacial score (nSPS) is 11.8. The number of nitrogens with one attached hydrogen (secondary N) is 2. The summed E-state index contributed by atoms with van der Waals surface area (Å²) >= 11 is 0. The van der Waals surface area contributed by atoms with Crippen molar-refractivity contribution in [3.05, 3.63) is 65.2 Å². The van der Waals surface area contributed by atoms with Crippen molar-refractivity contribution in [1.29, 1.82) is 0 Å². The van der Waals surface area contributed by atoms with E-state index in [1.807, 2.05) is 43.3 Å². The second-order valence-corrected chi connectivity index (χ2v) is 7.38. The van der Waals surface area contributed by atoms with Gasteiger partial charge in [0, 0.05) is 0 Å². The molecule has 1 unspecified atom stereocenters. The molecule has 0 saturated heterocycles. The third-order valence-corrected chi connectivity index (χ3v) is 4.54. The second-order valence-electron chi connectivity index (χ2n) is 7.38. The fourth-order valence-electron chi connectivity index (χ4n) is 2.81. The number of hydrogen-bond acceptors (Lipinski definition) is 3. The van der Waals surface area contributed by atoms with Gasteiger partial charge in [-0.3, -0.25) is 20.4 Å². The predicted octanol–water partition coefficient (Wildman–Crippen LogP) is 3.78. The van der Waals surface area contributed by atoms with Crippen LogP contribution in [0.5, 0.6) is 5.75 Å². The third-order valence-electron chi connectivity index (χ3n) is 4.54. The minimum Gasteiger partial charge on any atom is -0.484 e. The molecule has 0 heterocycles. The minimum absolute atomic E-state index is 0.163. The van der Waals surface area contributed by atoms with Crippen LogP contribution >= 0.6 is 0 Å². The van der Waals surface area contributed by atoms with Gasteiger partial charge < -0.3 is 4.74 Å². The van der Waals surface area contributed by atoms with Crippen molar-refractivity contribution in [2.45, 2.75) is 46.5 Å². The van der Waals surface area contributed by atoms with Crippen LogP contribution in [-0.4, -0.2) is 18.4 Å². The van der Waals surface area contributed by atoms with E-state index in [0.717, 1.165) is 18.4 Å². The monoisotopic (exact) mass is 382 g/mol. The highest BCUT2D eigenvalue weighted by Crippen LogP contribution is 2.17. The van der Waals surface area contributed by atoms with E-state index >= 15 is 0 Å². The molecule has 2 rings (SSSR count). The van der Waals surface area contributed by atoms with Crippen molar-refractivity contribution in [3.8, 4) is 5.75 Å². The highest BCUT2D eigenvalue weighted by atomic mass is 16.5. The topological polar surface area (TPSA) is 67.4 Å². The Labute approximate surface area is 167 Å². The molecule has 0 spiro atoms. The Hall–Kier alpha value is -2.82. The Bertz CT molecular complexity index is 767. The molecule has 0 bridgehead atoms. The zero-order valence-electron chi connectivity index (χ0n) is 17.1. The summed E-state index contributed by atoms with van der Waals surface area (Å²) in [7, 11) is 0. The summed E-state index contributed by atoms with van der Waals surface area (Å²) in [6.45, 7) is 8.08. The Morgan fingerprint density at radius 3 is 2.07 bits per heavy atom. The van der Waals surface area contributed by atoms with Gasteiger partial charge in [-0.1, -0.05) is 57.2 Å². The van der Waals surface area contributed by atoms with Gasteiger partial charge >= 0.3 is 0 Å². The summed E-state index contributed by atoms with van der Waals surface area (Å²) in [6.07, 6.45) is 1.96. The molecule has 0 aliphatic rings. The van der Waals surface area contributed by atoms with Gasteiger partial charge in [0.15, 0.2) is 6.61 Å². The van der Waals surface area contributed by atoms with Crippen molar-refractivity contribution in [2.24, 2.45) is 5.92 Å². The van der Waals surface area contributed by atoms with Crippen LogP contribution in [0.3, 0.4) is 0 Å². The molecule has 2 amide bonds. The molecule has 1 atom stereocenters. The maximum atomic E-state index is 12.3. The second kappa shape index (κ2) is 10.5. The van der Waals surface area contributed by atoms with Crippen LogP contribution in [0.2, 0.25) is 0 Å². The molecular formula is C23H30N2O3. The van der Waals surface area contributed by atoms with E-state index in [-0.39, 0.29) is 18.4 Å². The molecule has 0 fully saturated rings. The molecular weight excluding hydrogens is 352 g/mol. The molecule has 5 nitrogen and oxygen atoms in total. The first kappa shape index (κ1) is 21.5. The van der Waals surface area contributed by atoms with Crippen molar-refractivity contribution >= 4 is 11.8 Å². The van der Waals surface area contributed by atoms with Crippen LogP contribution in [-0.2, 0) is 22.4 Å². The molecule has 0 aliphatic carbocycles. The molecule has 2 N–H and O–H groups in total. The van der Waals surface area contributed by atoms with Gasteiger partial charge in [0.1, 0.15) is 5.75 Å². The van der Waals surface area contributed by atoms with Crippen molar-refractivity contribution in [1.82, 2.24) is 10.9 Å². The Morgan fingerprint density at radius 1 is 0.893 bits per heavy atom. The van der Waals surface area contributed by atoms with E-state index < -0.39 is 5.91 Å². The molecule has 5 heteroatoms. The standard InChI is InChI=1S/C23H30N2O3/c1-5-18-8-12-21(13-9-18)28-15-22(26)24-25-23(27)17(4)20-10-6-19(7-11-20)14-16(2)3/h6-13,16-17H,5,14-15H2,1-4H3,(H,24,26)(H,25,27). The lowest BCUT2D eigenvalue weighted by Crippen LogP contribution is -2.45. The highest BCUT2D eigenvalue weighted by Gasteiger charge is 2.16. The van der Waals surface area contributed by atoms with E-state index in [0.29, 0.717) is 11.7 Å². The fraction of sp³-hybridized carbons (Fsp3) is 0.391. The number of hydrazine groups is 1. The van der Waals surface area contributed by atoms with Crippen LogP contribution in [0.25, 0.3) is 0 Å². The average Bonchev–Trinajstić information content (AvgIpc) is 2.70. The van der Waals surface area contributed by atoms with Crippen LogP contribution in [0.4, 0.5) is 0 Å². The summed E-state index contributed by atoms with van der Waals surface area (Å²) in [4.78, 5) is 24.2. The van der Waals surface area contributed by atoms with Crippen LogP contribution < -0.4 is 15.6 Å². The van der Waals surface area contributed by atoms with E-state index in [1.165, 1.54) is 11.1 Å². The van der Waals surface area contributed by atoms with E-state index in [1.54, 1.807) is 0 Å². The number of carbonyl (C=O) groups is 2. The fourth-order valence-corrected chi connectivity index (χ4v) is 2.81. The molecule has 2 aromatic carbocycles. The lowest BCUT2D eigenvalue weighted by atomic mass is 9.96. The van der Waals surface area contributed by atoms with Gasteiger partial charge in [0.25, 0.3) is 5.91 Å². The zero-order chi connectivity index (χ0) is 20.5. The van der Waals surface area contributed by atoms with E-state index in [4.69, 9.17) is 4.74 Å². The highest BCUT2D eigenvalue weighted by molar-refractivity contribution is 5.86. The number of benzene rings is 2. The number of carbonyl (C=O) groups excluding carboxylic acids is 2. The predicted molar refractivity (Wildman–Crippen MR) is 111 cm³/mol. The molecule has 0 aromatic heterocycles. The van der Waals surface area contributed by atoms with Crippen molar-refractivity contribution < 1.29 is 14.3 Å².